The minimum atomic E-state index is -0.544. The zero-order chi connectivity index (χ0) is 14.5. The number of ether oxygens (including phenoxy) is 1. The van der Waals surface area contributed by atoms with E-state index in [1.807, 2.05) is 12.1 Å². The number of hydrogen-bond acceptors (Lipinski definition) is 4. The number of benzene rings is 2. The van der Waals surface area contributed by atoms with Crippen molar-refractivity contribution in [1.82, 2.24) is 0 Å². The number of aliphatic hydroxyl groups excluding tert-OH is 1. The topological polar surface area (TPSA) is 72.6 Å². The number of aliphatic hydroxyl groups is 1. The summed E-state index contributed by atoms with van der Waals surface area (Å²) in [5.74, 6) is 0.654. The second-order valence-corrected chi connectivity index (χ2v) is 4.46. The van der Waals surface area contributed by atoms with E-state index < -0.39 is 11.0 Å². The molecule has 0 amide bonds. The molecule has 0 fully saturated rings. The monoisotopic (exact) mass is 273 g/mol. The predicted octanol–water partition coefficient (Wildman–Crippen LogP) is 3.23. The zero-order valence-corrected chi connectivity index (χ0v) is 11.0. The van der Waals surface area contributed by atoms with E-state index >= 15 is 0 Å². The third kappa shape index (κ3) is 3.55. The summed E-state index contributed by atoms with van der Waals surface area (Å²) >= 11 is 0. The second-order valence-electron chi connectivity index (χ2n) is 4.46. The Hall–Kier alpha value is -2.40. The van der Waals surface area contributed by atoms with Crippen LogP contribution >= 0.6 is 0 Å². The Morgan fingerprint density at radius 1 is 1.25 bits per heavy atom. The lowest BCUT2D eigenvalue weighted by atomic mass is 10.1. The van der Waals surface area contributed by atoms with Crippen LogP contribution in [0.3, 0.4) is 0 Å². The Labute approximate surface area is 116 Å². The molecule has 5 nitrogen and oxygen atoms in total. The largest absolute Gasteiger partial charge is 0.489 e. The van der Waals surface area contributed by atoms with Gasteiger partial charge in [-0.15, -0.1) is 0 Å². The van der Waals surface area contributed by atoms with E-state index in [1.165, 1.54) is 12.1 Å². The van der Waals surface area contributed by atoms with Crippen LogP contribution in [0.2, 0.25) is 0 Å². The summed E-state index contributed by atoms with van der Waals surface area (Å²) in [5, 5.41) is 20.0. The van der Waals surface area contributed by atoms with Gasteiger partial charge in [-0.3, -0.25) is 10.1 Å². The Morgan fingerprint density at radius 2 is 1.95 bits per heavy atom. The van der Waals surface area contributed by atoms with E-state index in [9.17, 15) is 15.2 Å². The highest BCUT2D eigenvalue weighted by molar-refractivity contribution is 5.33. The number of hydrogen-bond donors (Lipinski definition) is 1. The van der Waals surface area contributed by atoms with E-state index in [1.54, 1.807) is 31.2 Å². The van der Waals surface area contributed by atoms with E-state index in [0.29, 0.717) is 12.4 Å². The van der Waals surface area contributed by atoms with Gasteiger partial charge in [0, 0.05) is 12.1 Å². The molecular formula is C15H15NO4. The molecule has 2 aromatic rings. The standard InChI is InChI=1S/C15H15NO4/c1-11(17)13-3-2-4-15(9-13)20-10-12-5-7-14(8-6-12)16(18)19/h2-9,11,17H,10H2,1H3/t11-/m0/s1. The van der Waals surface area contributed by atoms with Crippen LogP contribution in [-0.2, 0) is 6.61 Å². The van der Waals surface area contributed by atoms with Crippen LogP contribution in [0.25, 0.3) is 0 Å². The summed E-state index contributed by atoms with van der Waals surface area (Å²) in [6.45, 7) is 2.01. The SMILES string of the molecule is C[C@H](O)c1cccc(OCc2ccc([N+](=O)[O-])cc2)c1. The maximum absolute atomic E-state index is 10.5. The number of non-ortho nitro benzene ring substituents is 1. The zero-order valence-electron chi connectivity index (χ0n) is 11.0. The third-order valence-corrected chi connectivity index (χ3v) is 2.89. The molecule has 2 rings (SSSR count). The van der Waals surface area contributed by atoms with Crippen LogP contribution < -0.4 is 4.74 Å². The lowest BCUT2D eigenvalue weighted by molar-refractivity contribution is -0.384. The Kier molecular flexibility index (Phi) is 4.32. The summed E-state index contributed by atoms with van der Waals surface area (Å²) in [6.07, 6.45) is -0.544. The van der Waals surface area contributed by atoms with Crippen molar-refractivity contribution in [3.63, 3.8) is 0 Å². The molecule has 0 saturated carbocycles. The second kappa shape index (κ2) is 6.16. The first kappa shape index (κ1) is 14.0. The molecule has 20 heavy (non-hydrogen) atoms. The maximum atomic E-state index is 10.5. The van der Waals surface area contributed by atoms with Crippen molar-refractivity contribution in [3.05, 3.63) is 69.8 Å². The lowest BCUT2D eigenvalue weighted by Gasteiger charge is -2.09. The van der Waals surface area contributed by atoms with Crippen LogP contribution in [0.15, 0.2) is 48.5 Å². The van der Waals surface area contributed by atoms with E-state index in [4.69, 9.17) is 4.74 Å². The molecule has 0 radical (unpaired) electrons. The minimum absolute atomic E-state index is 0.0600. The van der Waals surface area contributed by atoms with Crippen LogP contribution in [0.5, 0.6) is 5.75 Å². The lowest BCUT2D eigenvalue weighted by Crippen LogP contribution is -1.97. The van der Waals surface area contributed by atoms with Gasteiger partial charge in [-0.1, -0.05) is 12.1 Å². The molecule has 0 heterocycles. The molecule has 1 N–H and O–H groups in total. The van der Waals surface area contributed by atoms with Gasteiger partial charge in [-0.25, -0.2) is 0 Å². The van der Waals surface area contributed by atoms with Crippen molar-refractivity contribution in [2.75, 3.05) is 0 Å². The fourth-order valence-electron chi connectivity index (χ4n) is 1.74. The molecule has 0 aliphatic heterocycles. The molecule has 0 saturated heterocycles. The molecule has 0 aromatic heterocycles. The molecule has 104 valence electrons. The predicted molar refractivity (Wildman–Crippen MR) is 74.5 cm³/mol. The smallest absolute Gasteiger partial charge is 0.269 e. The highest BCUT2D eigenvalue weighted by Crippen LogP contribution is 2.20. The fourth-order valence-corrected chi connectivity index (χ4v) is 1.74. The molecule has 0 aliphatic rings. The Balaban J connectivity index is 2.01. The highest BCUT2D eigenvalue weighted by atomic mass is 16.6. The Bertz CT molecular complexity index is 593. The summed E-state index contributed by atoms with van der Waals surface area (Å²) in [4.78, 5) is 10.1. The molecular weight excluding hydrogens is 258 g/mol. The van der Waals surface area contributed by atoms with Crippen molar-refractivity contribution in [3.8, 4) is 5.75 Å². The van der Waals surface area contributed by atoms with E-state index in [0.717, 1.165) is 11.1 Å². The van der Waals surface area contributed by atoms with Crippen LogP contribution in [0.4, 0.5) is 5.69 Å². The molecule has 0 bridgehead atoms. The van der Waals surface area contributed by atoms with Gasteiger partial charge in [-0.2, -0.15) is 0 Å². The van der Waals surface area contributed by atoms with Crippen LogP contribution in [0, 0.1) is 10.1 Å². The molecule has 0 unspecified atom stereocenters. The summed E-state index contributed by atoms with van der Waals surface area (Å²) < 4.78 is 5.60. The summed E-state index contributed by atoms with van der Waals surface area (Å²) in [7, 11) is 0. The van der Waals surface area contributed by atoms with Gasteiger partial charge in [0.2, 0.25) is 0 Å². The van der Waals surface area contributed by atoms with Gasteiger partial charge in [-0.05, 0) is 42.3 Å². The van der Waals surface area contributed by atoms with Crippen molar-refractivity contribution < 1.29 is 14.8 Å². The van der Waals surface area contributed by atoms with Gasteiger partial charge in [0.05, 0.1) is 11.0 Å². The third-order valence-electron chi connectivity index (χ3n) is 2.89. The first-order valence-corrected chi connectivity index (χ1v) is 6.20. The van der Waals surface area contributed by atoms with E-state index in [2.05, 4.69) is 0 Å². The van der Waals surface area contributed by atoms with Crippen LogP contribution in [0.1, 0.15) is 24.2 Å². The quantitative estimate of drug-likeness (QED) is 0.670. The van der Waals surface area contributed by atoms with Crippen molar-refractivity contribution in [1.29, 1.82) is 0 Å². The Morgan fingerprint density at radius 3 is 2.55 bits per heavy atom. The molecule has 2 aromatic carbocycles. The van der Waals surface area contributed by atoms with Gasteiger partial charge in [0.1, 0.15) is 12.4 Å². The van der Waals surface area contributed by atoms with Crippen molar-refractivity contribution >= 4 is 5.69 Å². The average molecular weight is 273 g/mol. The first-order chi connectivity index (χ1) is 9.56. The number of nitro groups is 1. The van der Waals surface area contributed by atoms with Gasteiger partial charge >= 0.3 is 0 Å². The van der Waals surface area contributed by atoms with Gasteiger partial charge in [0.25, 0.3) is 5.69 Å². The normalized spacial score (nSPS) is 11.9. The molecule has 0 spiro atoms. The molecule has 0 aliphatic carbocycles. The van der Waals surface area contributed by atoms with Gasteiger partial charge in [0.15, 0.2) is 0 Å². The molecule has 1 atom stereocenters. The first-order valence-electron chi connectivity index (χ1n) is 6.20. The molecule has 5 heteroatoms. The van der Waals surface area contributed by atoms with Crippen LogP contribution in [-0.4, -0.2) is 10.0 Å². The number of rotatable bonds is 5. The average Bonchev–Trinajstić information content (AvgIpc) is 2.46. The summed E-state index contributed by atoms with van der Waals surface area (Å²) in [5.41, 5.74) is 1.69. The maximum Gasteiger partial charge on any atom is 0.269 e. The highest BCUT2D eigenvalue weighted by Gasteiger charge is 2.05. The minimum Gasteiger partial charge on any atom is -0.489 e. The number of nitrogens with zero attached hydrogens (tertiary/aromatic N) is 1. The van der Waals surface area contributed by atoms with E-state index in [-0.39, 0.29) is 5.69 Å². The summed E-state index contributed by atoms with van der Waals surface area (Å²) in [6, 6.07) is 13.4. The fraction of sp³-hybridized carbons (Fsp3) is 0.200. The van der Waals surface area contributed by atoms with Crippen molar-refractivity contribution in [2.24, 2.45) is 0 Å². The number of nitro benzene ring substituents is 1. The van der Waals surface area contributed by atoms with Gasteiger partial charge < -0.3 is 9.84 Å². The van der Waals surface area contributed by atoms with Crippen molar-refractivity contribution in [2.45, 2.75) is 19.6 Å².